The molecule has 1 aromatic rings. The number of nitrogens with zero attached hydrogens (tertiary/aromatic N) is 1. The number of benzene rings is 1. The Morgan fingerprint density at radius 3 is 2.11 bits per heavy atom. The number of hydrogen-bond donors (Lipinski definition) is 0. The Bertz CT molecular complexity index is 432. The van der Waals surface area contributed by atoms with Crippen molar-refractivity contribution in [3.63, 3.8) is 0 Å². The third-order valence-corrected chi connectivity index (χ3v) is 3.98. The molecular weight excluding hydrogens is 229 g/mol. The fraction of sp³-hybridized carbons (Fsp3) is 0.533. The highest BCUT2D eigenvalue weighted by molar-refractivity contribution is 5.94. The number of rotatable bonds is 3. The maximum atomic E-state index is 12.9. The summed E-state index contributed by atoms with van der Waals surface area (Å²) in [6.45, 7) is 0. The summed E-state index contributed by atoms with van der Waals surface area (Å²) in [6.07, 6.45) is 6.97. The van der Waals surface area contributed by atoms with E-state index in [4.69, 9.17) is 0 Å². The van der Waals surface area contributed by atoms with Gasteiger partial charge in [-0.1, -0.05) is 12.8 Å². The van der Waals surface area contributed by atoms with Crippen molar-refractivity contribution in [3.05, 3.63) is 35.6 Å². The summed E-state index contributed by atoms with van der Waals surface area (Å²) in [5, 5.41) is 0. The number of amides is 1. The SMILES string of the molecule is O=C(c1ccc(F)cc1)N(C1CCCC1)C1CC1. The second-order valence-corrected chi connectivity index (χ2v) is 5.39. The molecule has 0 aliphatic heterocycles. The van der Waals surface area contributed by atoms with E-state index < -0.39 is 0 Å². The molecule has 2 aliphatic rings. The minimum absolute atomic E-state index is 0.0874. The number of halogens is 1. The average molecular weight is 247 g/mol. The van der Waals surface area contributed by atoms with Crippen LogP contribution in [0, 0.1) is 5.82 Å². The summed E-state index contributed by atoms with van der Waals surface area (Å²) < 4.78 is 12.9. The first-order valence-electron chi connectivity index (χ1n) is 6.84. The van der Waals surface area contributed by atoms with Gasteiger partial charge in [0.1, 0.15) is 5.82 Å². The van der Waals surface area contributed by atoms with Crippen molar-refractivity contribution >= 4 is 5.91 Å². The molecule has 2 saturated carbocycles. The first kappa shape index (κ1) is 11.7. The van der Waals surface area contributed by atoms with Crippen molar-refractivity contribution in [1.29, 1.82) is 0 Å². The third kappa shape index (κ3) is 2.26. The van der Waals surface area contributed by atoms with Crippen LogP contribution in [-0.4, -0.2) is 22.9 Å². The fourth-order valence-electron chi connectivity index (χ4n) is 2.91. The maximum absolute atomic E-state index is 12.9. The van der Waals surface area contributed by atoms with Crippen molar-refractivity contribution < 1.29 is 9.18 Å². The molecule has 1 aromatic carbocycles. The van der Waals surface area contributed by atoms with Gasteiger partial charge in [-0.3, -0.25) is 4.79 Å². The predicted molar refractivity (Wildman–Crippen MR) is 67.8 cm³/mol. The van der Waals surface area contributed by atoms with E-state index in [2.05, 4.69) is 4.90 Å². The van der Waals surface area contributed by atoms with Crippen LogP contribution in [0.5, 0.6) is 0 Å². The van der Waals surface area contributed by atoms with Gasteiger partial charge >= 0.3 is 0 Å². The van der Waals surface area contributed by atoms with Crippen molar-refractivity contribution in [2.75, 3.05) is 0 Å². The molecule has 1 amide bonds. The van der Waals surface area contributed by atoms with E-state index in [0.29, 0.717) is 17.6 Å². The van der Waals surface area contributed by atoms with Crippen LogP contribution in [0.25, 0.3) is 0 Å². The summed E-state index contributed by atoms with van der Waals surface area (Å²) in [4.78, 5) is 14.6. The van der Waals surface area contributed by atoms with E-state index in [1.54, 1.807) is 12.1 Å². The van der Waals surface area contributed by atoms with E-state index in [-0.39, 0.29) is 11.7 Å². The quantitative estimate of drug-likeness (QED) is 0.802. The molecule has 0 N–H and O–H groups in total. The van der Waals surface area contributed by atoms with Gasteiger partial charge in [0.15, 0.2) is 0 Å². The Morgan fingerprint density at radius 2 is 1.56 bits per heavy atom. The number of carbonyl (C=O) groups is 1. The van der Waals surface area contributed by atoms with E-state index in [9.17, 15) is 9.18 Å². The lowest BCUT2D eigenvalue weighted by atomic mass is 10.1. The summed E-state index contributed by atoms with van der Waals surface area (Å²) in [5.41, 5.74) is 0.621. The van der Waals surface area contributed by atoms with E-state index in [0.717, 1.165) is 25.7 Å². The monoisotopic (exact) mass is 247 g/mol. The molecule has 3 heteroatoms. The molecule has 0 radical (unpaired) electrons. The van der Waals surface area contributed by atoms with Crippen LogP contribution >= 0.6 is 0 Å². The van der Waals surface area contributed by atoms with Gasteiger partial charge in [0.2, 0.25) is 0 Å². The van der Waals surface area contributed by atoms with Gasteiger partial charge in [-0.25, -0.2) is 4.39 Å². The normalized spacial score (nSPS) is 20.1. The highest BCUT2D eigenvalue weighted by Gasteiger charge is 2.38. The van der Waals surface area contributed by atoms with Gasteiger partial charge in [0.25, 0.3) is 5.91 Å². The predicted octanol–water partition coefficient (Wildman–Crippen LogP) is 3.37. The lowest BCUT2D eigenvalue weighted by molar-refractivity contribution is 0.0664. The summed E-state index contributed by atoms with van der Waals surface area (Å²) in [7, 11) is 0. The smallest absolute Gasteiger partial charge is 0.254 e. The van der Waals surface area contributed by atoms with Gasteiger partial charge in [-0.05, 0) is 49.9 Å². The van der Waals surface area contributed by atoms with Crippen molar-refractivity contribution in [2.24, 2.45) is 0 Å². The van der Waals surface area contributed by atoms with Crippen LogP contribution in [0.3, 0.4) is 0 Å². The first-order valence-corrected chi connectivity index (χ1v) is 6.84. The van der Waals surface area contributed by atoms with Crippen LogP contribution in [0.2, 0.25) is 0 Å². The molecular formula is C15H18FNO. The Morgan fingerprint density at radius 1 is 1.00 bits per heavy atom. The fourth-order valence-corrected chi connectivity index (χ4v) is 2.91. The highest BCUT2D eigenvalue weighted by Crippen LogP contribution is 2.35. The Kier molecular flexibility index (Phi) is 3.06. The zero-order chi connectivity index (χ0) is 12.5. The Balaban J connectivity index is 1.81. The number of carbonyl (C=O) groups excluding carboxylic acids is 1. The Labute approximate surface area is 107 Å². The van der Waals surface area contributed by atoms with E-state index >= 15 is 0 Å². The van der Waals surface area contributed by atoms with Crippen molar-refractivity contribution in [1.82, 2.24) is 4.90 Å². The molecule has 2 nitrogen and oxygen atoms in total. The molecule has 0 saturated heterocycles. The molecule has 0 heterocycles. The minimum Gasteiger partial charge on any atom is -0.333 e. The van der Waals surface area contributed by atoms with Crippen LogP contribution in [0.15, 0.2) is 24.3 Å². The van der Waals surface area contributed by atoms with Crippen molar-refractivity contribution in [3.8, 4) is 0 Å². The summed E-state index contributed by atoms with van der Waals surface area (Å²) in [6, 6.07) is 6.78. The van der Waals surface area contributed by atoms with Gasteiger partial charge in [0.05, 0.1) is 0 Å². The van der Waals surface area contributed by atoms with Gasteiger partial charge in [-0.2, -0.15) is 0 Å². The molecule has 2 aliphatic carbocycles. The Hall–Kier alpha value is -1.38. The zero-order valence-electron chi connectivity index (χ0n) is 10.4. The van der Waals surface area contributed by atoms with Gasteiger partial charge < -0.3 is 4.90 Å². The summed E-state index contributed by atoms with van der Waals surface area (Å²) in [5.74, 6) is -0.199. The number of hydrogen-bond acceptors (Lipinski definition) is 1. The van der Waals surface area contributed by atoms with Crippen LogP contribution in [0.4, 0.5) is 4.39 Å². The minimum atomic E-state index is -0.287. The molecule has 96 valence electrons. The molecule has 2 fully saturated rings. The molecule has 3 rings (SSSR count). The molecule has 0 atom stereocenters. The topological polar surface area (TPSA) is 20.3 Å². The molecule has 18 heavy (non-hydrogen) atoms. The standard InChI is InChI=1S/C15H18FNO/c16-12-7-5-11(6-8-12)15(18)17(14-9-10-14)13-3-1-2-4-13/h5-8,13-14H,1-4,9-10H2. The largest absolute Gasteiger partial charge is 0.333 e. The molecule has 0 bridgehead atoms. The van der Waals surface area contributed by atoms with E-state index in [1.165, 1.54) is 25.0 Å². The lowest BCUT2D eigenvalue weighted by Crippen LogP contribution is -2.40. The second kappa shape index (κ2) is 4.71. The first-order chi connectivity index (χ1) is 8.75. The molecule has 0 unspecified atom stereocenters. The summed E-state index contributed by atoms with van der Waals surface area (Å²) >= 11 is 0. The van der Waals surface area contributed by atoms with Crippen LogP contribution < -0.4 is 0 Å². The van der Waals surface area contributed by atoms with Crippen LogP contribution in [-0.2, 0) is 0 Å². The van der Waals surface area contributed by atoms with E-state index in [1.807, 2.05) is 0 Å². The van der Waals surface area contributed by atoms with Crippen molar-refractivity contribution in [2.45, 2.75) is 50.6 Å². The molecule has 0 spiro atoms. The van der Waals surface area contributed by atoms with Gasteiger partial charge in [0, 0.05) is 17.6 Å². The second-order valence-electron chi connectivity index (χ2n) is 5.39. The zero-order valence-corrected chi connectivity index (χ0v) is 10.4. The maximum Gasteiger partial charge on any atom is 0.254 e. The van der Waals surface area contributed by atoms with Gasteiger partial charge in [-0.15, -0.1) is 0 Å². The highest BCUT2D eigenvalue weighted by atomic mass is 19.1. The molecule has 0 aromatic heterocycles. The average Bonchev–Trinajstić information content (AvgIpc) is 3.05. The van der Waals surface area contributed by atoms with Crippen LogP contribution in [0.1, 0.15) is 48.9 Å². The lowest BCUT2D eigenvalue weighted by Gasteiger charge is -2.29. The third-order valence-electron chi connectivity index (χ3n) is 3.98.